The number of aryl methyl sites for hydroxylation is 1. The lowest BCUT2D eigenvalue weighted by molar-refractivity contribution is -0.191. The lowest BCUT2D eigenvalue weighted by Crippen LogP contribution is -2.66. The molecule has 10 heteroatoms. The van der Waals surface area contributed by atoms with Crippen LogP contribution in [0.2, 0.25) is 0 Å². The molecular formula is C29H34N6O4. The molecule has 3 fully saturated rings. The molecule has 0 aliphatic carbocycles. The molecule has 1 spiro atoms. The fourth-order valence-electron chi connectivity index (χ4n) is 6.25. The van der Waals surface area contributed by atoms with Crippen molar-refractivity contribution < 1.29 is 14.2 Å². The number of hydrogen-bond donors (Lipinski definition) is 0. The van der Waals surface area contributed by atoms with Crippen molar-refractivity contribution in [3.8, 4) is 11.1 Å². The second-order valence-corrected chi connectivity index (χ2v) is 11.3. The third-order valence-corrected chi connectivity index (χ3v) is 8.57. The van der Waals surface area contributed by atoms with Crippen LogP contribution in [0.4, 0.5) is 0 Å². The smallest absolute Gasteiger partial charge is 0.330 e. The van der Waals surface area contributed by atoms with Gasteiger partial charge in [-0.25, -0.2) is 4.79 Å². The average Bonchev–Trinajstić information content (AvgIpc) is 3.19. The Hall–Kier alpha value is -3.18. The Kier molecular flexibility index (Phi) is 6.23. The highest BCUT2D eigenvalue weighted by Gasteiger charge is 2.48. The van der Waals surface area contributed by atoms with Crippen LogP contribution in [0.15, 0.2) is 41.3 Å². The van der Waals surface area contributed by atoms with Crippen molar-refractivity contribution in [3.05, 3.63) is 52.7 Å². The van der Waals surface area contributed by atoms with Crippen LogP contribution in [0, 0.1) is 5.41 Å². The zero-order valence-electron chi connectivity index (χ0n) is 22.5. The second-order valence-electron chi connectivity index (χ2n) is 11.3. The van der Waals surface area contributed by atoms with Crippen LogP contribution in [-0.2, 0) is 21.3 Å². The molecular weight excluding hydrogens is 496 g/mol. The van der Waals surface area contributed by atoms with Crippen LogP contribution in [0.3, 0.4) is 0 Å². The van der Waals surface area contributed by atoms with E-state index in [4.69, 9.17) is 19.2 Å². The Morgan fingerprint density at radius 3 is 2.59 bits per heavy atom. The Bertz CT molecular complexity index is 1560. The van der Waals surface area contributed by atoms with Crippen molar-refractivity contribution in [2.75, 3.05) is 52.7 Å². The second kappa shape index (κ2) is 9.78. The summed E-state index contributed by atoms with van der Waals surface area (Å²) >= 11 is 0. The average molecular weight is 531 g/mol. The molecule has 6 heterocycles. The van der Waals surface area contributed by atoms with Crippen molar-refractivity contribution in [2.24, 2.45) is 12.5 Å². The van der Waals surface area contributed by atoms with Crippen LogP contribution in [-0.4, -0.2) is 81.9 Å². The fraction of sp³-hybridized carbons (Fsp3) is 0.517. The van der Waals surface area contributed by atoms with Gasteiger partial charge in [-0.3, -0.25) is 19.0 Å². The molecule has 0 N–H and O–H groups in total. The SMILES string of the molecule is C[C@@H](OCCN1CC2(COC2)C1)c1ccc(-c2ccc3nnc4c(c3c2)n(C2CCOCC2)c(=O)n4C)cn1. The Morgan fingerprint density at radius 2 is 1.87 bits per heavy atom. The Morgan fingerprint density at radius 1 is 1.08 bits per heavy atom. The maximum Gasteiger partial charge on any atom is 0.330 e. The van der Waals surface area contributed by atoms with Crippen LogP contribution < -0.4 is 5.69 Å². The van der Waals surface area contributed by atoms with Gasteiger partial charge in [0.05, 0.1) is 37.1 Å². The quantitative estimate of drug-likeness (QED) is 0.360. The third kappa shape index (κ3) is 4.35. The van der Waals surface area contributed by atoms with Crippen LogP contribution >= 0.6 is 0 Å². The van der Waals surface area contributed by atoms with Gasteiger partial charge in [-0.05, 0) is 43.5 Å². The van der Waals surface area contributed by atoms with Gasteiger partial charge in [0, 0.05) is 68.5 Å². The van der Waals surface area contributed by atoms with Gasteiger partial charge in [0.2, 0.25) is 0 Å². The van der Waals surface area contributed by atoms with Gasteiger partial charge >= 0.3 is 5.69 Å². The van der Waals surface area contributed by atoms with Crippen molar-refractivity contribution in [2.45, 2.75) is 31.9 Å². The van der Waals surface area contributed by atoms with E-state index in [0.717, 1.165) is 78.9 Å². The minimum Gasteiger partial charge on any atom is -0.381 e. The maximum absolute atomic E-state index is 13.3. The fourth-order valence-corrected chi connectivity index (χ4v) is 6.25. The molecule has 1 aromatic carbocycles. The maximum atomic E-state index is 13.3. The number of likely N-dealkylation sites (tertiary alicyclic amines) is 1. The van der Waals surface area contributed by atoms with Gasteiger partial charge in [-0.15, -0.1) is 10.2 Å². The summed E-state index contributed by atoms with van der Waals surface area (Å²) in [7, 11) is 1.76. The molecule has 4 aromatic rings. The highest BCUT2D eigenvalue weighted by atomic mass is 16.5. The van der Waals surface area contributed by atoms with Gasteiger partial charge < -0.3 is 14.2 Å². The summed E-state index contributed by atoms with van der Waals surface area (Å²) in [5, 5.41) is 9.74. The molecule has 1 atom stereocenters. The number of ether oxygens (including phenoxy) is 3. The molecule has 39 heavy (non-hydrogen) atoms. The van der Waals surface area contributed by atoms with Crippen molar-refractivity contribution >= 4 is 22.1 Å². The summed E-state index contributed by atoms with van der Waals surface area (Å²) < 4.78 is 20.5. The van der Waals surface area contributed by atoms with Crippen molar-refractivity contribution in [1.29, 1.82) is 0 Å². The highest BCUT2D eigenvalue weighted by Crippen LogP contribution is 2.37. The van der Waals surface area contributed by atoms with E-state index in [1.165, 1.54) is 0 Å². The molecule has 0 bridgehead atoms. The number of aromatic nitrogens is 5. The van der Waals surface area contributed by atoms with E-state index in [1.54, 1.807) is 11.6 Å². The van der Waals surface area contributed by atoms with E-state index >= 15 is 0 Å². The molecule has 0 amide bonds. The van der Waals surface area contributed by atoms with E-state index in [-0.39, 0.29) is 17.8 Å². The van der Waals surface area contributed by atoms with Gasteiger partial charge in [-0.1, -0.05) is 12.1 Å². The number of pyridine rings is 1. The molecule has 10 nitrogen and oxygen atoms in total. The van der Waals surface area contributed by atoms with E-state index in [0.29, 0.717) is 30.9 Å². The van der Waals surface area contributed by atoms with E-state index in [9.17, 15) is 4.79 Å². The van der Waals surface area contributed by atoms with Gasteiger partial charge in [0.15, 0.2) is 5.65 Å². The predicted molar refractivity (Wildman–Crippen MR) is 147 cm³/mol. The first-order chi connectivity index (χ1) is 19.0. The molecule has 0 radical (unpaired) electrons. The summed E-state index contributed by atoms with van der Waals surface area (Å²) in [6.07, 6.45) is 3.43. The molecule has 3 saturated heterocycles. The molecule has 3 aromatic heterocycles. The number of fused-ring (bicyclic) bond motifs is 3. The largest absolute Gasteiger partial charge is 0.381 e. The molecule has 204 valence electrons. The molecule has 3 aliphatic heterocycles. The first-order valence-corrected chi connectivity index (χ1v) is 13.8. The summed E-state index contributed by atoms with van der Waals surface area (Å²) in [5.41, 5.74) is 5.52. The van der Waals surface area contributed by atoms with Gasteiger partial charge in [0.1, 0.15) is 5.52 Å². The third-order valence-electron chi connectivity index (χ3n) is 8.57. The number of nitrogens with zero attached hydrogens (tertiary/aromatic N) is 6. The Labute approximate surface area is 226 Å². The minimum absolute atomic E-state index is 0.0604. The van der Waals surface area contributed by atoms with Gasteiger partial charge in [-0.2, -0.15) is 0 Å². The van der Waals surface area contributed by atoms with Gasteiger partial charge in [0.25, 0.3) is 0 Å². The number of rotatable bonds is 7. The monoisotopic (exact) mass is 530 g/mol. The first-order valence-electron chi connectivity index (χ1n) is 13.8. The lowest BCUT2D eigenvalue weighted by atomic mass is 9.78. The zero-order chi connectivity index (χ0) is 26.6. The summed E-state index contributed by atoms with van der Waals surface area (Å²) in [5.74, 6) is 0. The topological polar surface area (TPSA) is 96.5 Å². The molecule has 7 rings (SSSR count). The Balaban J connectivity index is 1.11. The summed E-state index contributed by atoms with van der Waals surface area (Å²) in [6.45, 7) is 9.06. The normalized spacial score (nSPS) is 20.4. The standard InChI is InChI=1S/C29H34N6O4/c1-19(39-12-9-34-15-29(16-34)17-38-18-29)24-5-4-21(14-30-24)20-3-6-25-23(13-20)26-27(32-31-25)33(2)28(36)35(26)22-7-10-37-11-8-22/h3-6,13-14,19,22H,7-12,15-18H2,1-2H3/t19-/m1/s1. The van der Waals surface area contributed by atoms with Crippen LogP contribution in [0.1, 0.15) is 37.6 Å². The predicted octanol–water partition coefficient (Wildman–Crippen LogP) is 3.11. The van der Waals surface area contributed by atoms with Crippen molar-refractivity contribution in [1.82, 2.24) is 29.2 Å². The number of hydrogen-bond acceptors (Lipinski definition) is 8. The number of benzene rings is 1. The van der Waals surface area contributed by atoms with E-state index in [1.807, 2.05) is 29.0 Å². The van der Waals surface area contributed by atoms with Crippen LogP contribution in [0.5, 0.6) is 0 Å². The van der Waals surface area contributed by atoms with E-state index < -0.39 is 0 Å². The van der Waals surface area contributed by atoms with Crippen LogP contribution in [0.25, 0.3) is 33.2 Å². The zero-order valence-corrected chi connectivity index (χ0v) is 22.5. The summed E-state index contributed by atoms with van der Waals surface area (Å²) in [4.78, 5) is 20.4. The lowest BCUT2D eigenvalue weighted by Gasteiger charge is -2.55. The summed E-state index contributed by atoms with van der Waals surface area (Å²) in [6, 6.07) is 10.3. The number of imidazole rings is 1. The molecule has 0 unspecified atom stereocenters. The van der Waals surface area contributed by atoms with Crippen molar-refractivity contribution in [3.63, 3.8) is 0 Å². The highest BCUT2D eigenvalue weighted by molar-refractivity contribution is 6.02. The minimum atomic E-state index is -0.0777. The molecule has 0 saturated carbocycles. The molecule has 3 aliphatic rings. The first kappa shape index (κ1) is 24.8. The van der Waals surface area contributed by atoms with E-state index in [2.05, 4.69) is 34.2 Å².